The van der Waals surface area contributed by atoms with Gasteiger partial charge in [0.25, 0.3) is 0 Å². The number of carbonyl (C=O) groups excluding carboxylic acids is 2. The molecule has 0 spiro atoms. The minimum absolute atomic E-state index is 0.201. The molecule has 1 aliphatic rings. The molecule has 1 fully saturated rings. The van der Waals surface area contributed by atoms with Crippen molar-refractivity contribution in [2.24, 2.45) is 0 Å². The Bertz CT molecular complexity index is 1300. The van der Waals surface area contributed by atoms with Gasteiger partial charge < -0.3 is 18.9 Å². The van der Waals surface area contributed by atoms with E-state index < -0.39 is 16.8 Å². The van der Waals surface area contributed by atoms with Crippen molar-refractivity contribution in [1.82, 2.24) is 0 Å². The molecule has 2 aromatic carbocycles. The second-order valence-corrected chi connectivity index (χ2v) is 15.1. The fraction of sp³-hybridized carbons (Fsp3) is 0.550. The zero-order valence-electron chi connectivity index (χ0n) is 30.3. The molecule has 0 amide bonds. The molecule has 3 rings (SSSR count). The Hall–Kier alpha value is -3.54. The van der Waals surface area contributed by atoms with Gasteiger partial charge in [0.05, 0.1) is 6.10 Å². The molecule has 0 N–H and O–H groups in total. The SMILES string of the molecule is C=C(C)C(=O)OC(C)(C)C.C=C(C)C(=O)OC(C)(C)CC(C)(C)Oc1ccc(C2CCC(c3ccc(OC(C)C)cc3)CC2)cc1. The van der Waals surface area contributed by atoms with Crippen LogP contribution in [0.2, 0.25) is 0 Å². The van der Waals surface area contributed by atoms with Gasteiger partial charge in [-0.3, -0.25) is 0 Å². The first-order valence-electron chi connectivity index (χ1n) is 16.5. The van der Waals surface area contributed by atoms with E-state index in [1.807, 2.05) is 48.5 Å². The largest absolute Gasteiger partial charge is 0.491 e. The van der Waals surface area contributed by atoms with E-state index in [4.69, 9.17) is 18.9 Å². The summed E-state index contributed by atoms with van der Waals surface area (Å²) in [4.78, 5) is 22.8. The Labute approximate surface area is 278 Å². The van der Waals surface area contributed by atoms with Crippen LogP contribution in [0, 0.1) is 0 Å². The lowest BCUT2D eigenvalue weighted by Crippen LogP contribution is -2.40. The van der Waals surface area contributed by atoms with Crippen LogP contribution < -0.4 is 9.47 Å². The van der Waals surface area contributed by atoms with Crippen molar-refractivity contribution in [3.63, 3.8) is 0 Å². The summed E-state index contributed by atoms with van der Waals surface area (Å²) in [6, 6.07) is 17.2. The molecule has 254 valence electrons. The second-order valence-electron chi connectivity index (χ2n) is 15.1. The van der Waals surface area contributed by atoms with Gasteiger partial charge in [-0.2, -0.15) is 0 Å². The van der Waals surface area contributed by atoms with E-state index in [1.165, 1.54) is 36.8 Å². The minimum Gasteiger partial charge on any atom is -0.491 e. The van der Waals surface area contributed by atoms with Crippen LogP contribution in [0.25, 0.3) is 0 Å². The highest BCUT2D eigenvalue weighted by molar-refractivity contribution is 5.87. The number of carbonyl (C=O) groups is 2. The van der Waals surface area contributed by atoms with Gasteiger partial charge in [-0.05, 0) is 149 Å². The predicted octanol–water partition coefficient (Wildman–Crippen LogP) is 10.3. The minimum atomic E-state index is -0.653. The van der Waals surface area contributed by atoms with Gasteiger partial charge in [0.1, 0.15) is 28.3 Å². The van der Waals surface area contributed by atoms with Gasteiger partial charge in [0, 0.05) is 17.6 Å². The summed E-state index contributed by atoms with van der Waals surface area (Å²) in [5.41, 5.74) is 2.10. The van der Waals surface area contributed by atoms with Crippen molar-refractivity contribution >= 4 is 11.9 Å². The highest BCUT2D eigenvalue weighted by Gasteiger charge is 2.34. The van der Waals surface area contributed by atoms with Crippen molar-refractivity contribution in [2.45, 2.75) is 143 Å². The van der Waals surface area contributed by atoms with Crippen LogP contribution in [-0.4, -0.2) is 34.8 Å². The molecule has 2 aromatic rings. The van der Waals surface area contributed by atoms with Gasteiger partial charge in [0.2, 0.25) is 0 Å². The van der Waals surface area contributed by atoms with Gasteiger partial charge in [0.15, 0.2) is 0 Å². The van der Waals surface area contributed by atoms with Gasteiger partial charge in [-0.1, -0.05) is 37.4 Å². The molecule has 0 aliphatic heterocycles. The van der Waals surface area contributed by atoms with Gasteiger partial charge >= 0.3 is 11.9 Å². The third kappa shape index (κ3) is 13.8. The molecule has 1 aliphatic carbocycles. The Morgan fingerprint density at radius 2 is 1.07 bits per heavy atom. The molecule has 6 heteroatoms. The summed E-state index contributed by atoms with van der Waals surface area (Å²) in [6.45, 7) is 27.9. The fourth-order valence-corrected chi connectivity index (χ4v) is 5.78. The van der Waals surface area contributed by atoms with E-state index in [0.717, 1.165) is 11.5 Å². The third-order valence-corrected chi connectivity index (χ3v) is 7.51. The number of hydrogen-bond donors (Lipinski definition) is 0. The highest BCUT2D eigenvalue weighted by atomic mass is 16.6. The van der Waals surface area contributed by atoms with Crippen LogP contribution in [0.15, 0.2) is 72.8 Å². The van der Waals surface area contributed by atoms with Crippen molar-refractivity contribution in [3.8, 4) is 11.5 Å². The third-order valence-electron chi connectivity index (χ3n) is 7.51. The smallest absolute Gasteiger partial charge is 0.333 e. The topological polar surface area (TPSA) is 71.1 Å². The van der Waals surface area contributed by atoms with Crippen LogP contribution >= 0.6 is 0 Å². The molecule has 0 atom stereocenters. The maximum absolute atomic E-state index is 12.0. The zero-order valence-corrected chi connectivity index (χ0v) is 30.3. The summed E-state index contributed by atoms with van der Waals surface area (Å²) >= 11 is 0. The molecule has 6 nitrogen and oxygen atoms in total. The molecule has 0 unspecified atom stereocenters. The van der Waals surface area contributed by atoms with Crippen molar-refractivity contribution < 1.29 is 28.5 Å². The fourth-order valence-electron chi connectivity index (χ4n) is 5.78. The first kappa shape index (κ1) is 38.6. The number of esters is 2. The van der Waals surface area contributed by atoms with Gasteiger partial charge in [-0.15, -0.1) is 0 Å². The first-order chi connectivity index (χ1) is 21.2. The number of ether oxygens (including phenoxy) is 4. The van der Waals surface area contributed by atoms with Crippen LogP contribution in [0.4, 0.5) is 0 Å². The van der Waals surface area contributed by atoms with Gasteiger partial charge in [-0.25, -0.2) is 9.59 Å². The van der Waals surface area contributed by atoms with E-state index in [1.54, 1.807) is 13.8 Å². The molecule has 0 heterocycles. The van der Waals surface area contributed by atoms with Crippen LogP contribution in [0.1, 0.15) is 131 Å². The lowest BCUT2D eigenvalue weighted by atomic mass is 9.76. The Balaban J connectivity index is 0.000000634. The summed E-state index contributed by atoms with van der Waals surface area (Å²) in [7, 11) is 0. The molecule has 46 heavy (non-hydrogen) atoms. The second kappa shape index (κ2) is 16.3. The summed E-state index contributed by atoms with van der Waals surface area (Å²) < 4.78 is 22.7. The summed E-state index contributed by atoms with van der Waals surface area (Å²) in [5.74, 6) is 2.31. The monoisotopic (exact) mass is 634 g/mol. The average molecular weight is 635 g/mol. The molecule has 0 bridgehead atoms. The van der Waals surface area contributed by atoms with Crippen LogP contribution in [-0.2, 0) is 19.1 Å². The molecular weight excluding hydrogens is 576 g/mol. The van der Waals surface area contributed by atoms with E-state index in [-0.39, 0.29) is 18.0 Å². The Morgan fingerprint density at radius 1 is 0.674 bits per heavy atom. The molecule has 0 saturated heterocycles. The number of rotatable bonds is 11. The highest BCUT2D eigenvalue weighted by Crippen LogP contribution is 2.41. The molecule has 0 aromatic heterocycles. The number of hydrogen-bond acceptors (Lipinski definition) is 6. The summed E-state index contributed by atoms with van der Waals surface area (Å²) in [6.07, 6.45) is 5.57. The van der Waals surface area contributed by atoms with E-state index in [0.29, 0.717) is 29.4 Å². The van der Waals surface area contributed by atoms with Crippen molar-refractivity contribution in [1.29, 1.82) is 0 Å². The van der Waals surface area contributed by atoms with Crippen molar-refractivity contribution in [2.75, 3.05) is 0 Å². The zero-order chi connectivity index (χ0) is 34.9. The molecular formula is C40H58O6. The maximum Gasteiger partial charge on any atom is 0.333 e. The lowest BCUT2D eigenvalue weighted by Gasteiger charge is -2.35. The van der Waals surface area contributed by atoms with Crippen molar-refractivity contribution in [3.05, 3.63) is 84.0 Å². The first-order valence-corrected chi connectivity index (χ1v) is 16.5. The predicted molar refractivity (Wildman–Crippen MR) is 188 cm³/mol. The quantitative estimate of drug-likeness (QED) is 0.181. The normalized spacial score (nSPS) is 16.9. The van der Waals surface area contributed by atoms with E-state index >= 15 is 0 Å². The van der Waals surface area contributed by atoms with Crippen LogP contribution in [0.3, 0.4) is 0 Å². The Kier molecular flexibility index (Phi) is 13.7. The van der Waals surface area contributed by atoms with E-state index in [9.17, 15) is 9.59 Å². The standard InChI is InChI=1S/C32H44O4.C8H14O2/c1-22(2)30(33)36-32(7,8)21-31(5,6)35-29-19-15-27(16-20-29)25-11-9-24(10-12-25)26-13-17-28(18-14-26)34-23(3)4;1-6(2)7(9)10-8(3,4)5/h13-20,23-25H,1,9-12,21H2,2-8H3;1H2,2-5H3. The number of benzene rings is 2. The van der Waals surface area contributed by atoms with E-state index in [2.05, 4.69) is 75.5 Å². The maximum atomic E-state index is 12.0. The lowest BCUT2D eigenvalue weighted by molar-refractivity contribution is -0.155. The Morgan fingerprint density at radius 3 is 1.41 bits per heavy atom. The molecule has 1 saturated carbocycles. The van der Waals surface area contributed by atoms with Crippen LogP contribution in [0.5, 0.6) is 11.5 Å². The molecule has 0 radical (unpaired) electrons. The average Bonchev–Trinajstić information content (AvgIpc) is 2.92. The summed E-state index contributed by atoms with van der Waals surface area (Å²) in [5, 5.41) is 0.